The molecule has 0 spiro atoms. The van der Waals surface area contributed by atoms with Gasteiger partial charge in [0.25, 0.3) is 0 Å². The molecule has 0 aromatic rings. The summed E-state index contributed by atoms with van der Waals surface area (Å²) in [5.74, 6) is 0. The number of imide groups is 3. The van der Waals surface area contributed by atoms with E-state index in [9.17, 15) is 14.4 Å². The molecule has 0 bridgehead atoms. The first-order valence-corrected chi connectivity index (χ1v) is 19.6. The fraction of sp³-hybridized carbons (Fsp3) is 0.857. The molecule has 6 amide bonds. The van der Waals surface area contributed by atoms with Gasteiger partial charge in [-0.25, -0.2) is 14.4 Å². The molecule has 0 N–H and O–H groups in total. The minimum Gasteiger partial charge on any atom is -0.378 e. The molecule has 1 aliphatic rings. The molecular weight excluding hydrogens is 523 g/mol. The van der Waals surface area contributed by atoms with Gasteiger partial charge in [-0.1, -0.05) is 6.92 Å². The van der Waals surface area contributed by atoms with Gasteiger partial charge in [0.15, 0.2) is 0 Å². The van der Waals surface area contributed by atoms with Crippen LogP contribution in [-0.2, 0) is 26.6 Å². The number of carbonyl (C=O) groups is 3. The smallest absolute Gasteiger partial charge is 0.378 e. The molecule has 1 saturated heterocycles. The van der Waals surface area contributed by atoms with Gasteiger partial charge in [0, 0.05) is 59.3 Å². The Morgan fingerprint density at radius 1 is 0.583 bits per heavy atom. The zero-order valence-electron chi connectivity index (χ0n) is 23.7. The Morgan fingerprint density at radius 3 is 1.14 bits per heavy atom. The first-order chi connectivity index (χ1) is 16.9. The van der Waals surface area contributed by atoms with Crippen molar-refractivity contribution in [2.45, 2.75) is 74.5 Å². The molecule has 210 valence electrons. The fourth-order valence-electron chi connectivity index (χ4n) is 4.67. The van der Waals surface area contributed by atoms with Gasteiger partial charge in [-0.2, -0.15) is 13.3 Å². The summed E-state index contributed by atoms with van der Waals surface area (Å²) in [6, 6.07) is -2.36. The highest BCUT2D eigenvalue weighted by Gasteiger charge is 2.77. The Labute approximate surface area is 219 Å². The molecule has 0 unspecified atom stereocenters. The van der Waals surface area contributed by atoms with Crippen LogP contribution in [0.1, 0.15) is 54.9 Å². The molecule has 0 aromatic carbocycles. The second-order valence-electron chi connectivity index (χ2n) is 8.34. The molecule has 1 fully saturated rings. The Hall–Kier alpha value is -1.02. The van der Waals surface area contributed by atoms with Gasteiger partial charge >= 0.3 is 44.3 Å². The van der Waals surface area contributed by atoms with Gasteiger partial charge in [-0.05, 0) is 48.0 Å². The topological polar surface area (TPSA) is 113 Å². The molecule has 1 rings (SSSR count). The lowest BCUT2D eigenvalue weighted by Crippen LogP contribution is -2.88. The fourth-order valence-corrected chi connectivity index (χ4v) is 12.8. The average molecular weight is 569 g/mol. The van der Waals surface area contributed by atoms with E-state index in [1.807, 2.05) is 6.92 Å². The van der Waals surface area contributed by atoms with Crippen LogP contribution in [0.15, 0.2) is 0 Å². The van der Waals surface area contributed by atoms with E-state index < -0.39 is 48.4 Å². The standard InChI is InChI=1S/C21H46N3O9Si3/c1-11-18-24(36(10,32-16-6)33-17-7)20(26)22(34(8,28-12-2)29-13-3)19(25)23(21(24)27)35(9,30-14-4)31-15-5/h11-18H2,1-10H3/q+1. The number of quaternary nitrogens is 1. The summed E-state index contributed by atoms with van der Waals surface area (Å²) >= 11 is 0. The summed E-state index contributed by atoms with van der Waals surface area (Å²) in [5.41, 5.74) is 0. The van der Waals surface area contributed by atoms with Crippen LogP contribution in [0.4, 0.5) is 14.4 Å². The van der Waals surface area contributed by atoms with Crippen molar-refractivity contribution >= 4 is 44.3 Å². The first kappa shape index (κ1) is 33.0. The Kier molecular flexibility index (Phi) is 12.5. The summed E-state index contributed by atoms with van der Waals surface area (Å²) in [5, 5.41) is 0. The summed E-state index contributed by atoms with van der Waals surface area (Å²) in [6.45, 7) is 18.8. The number of urea groups is 3. The largest absolute Gasteiger partial charge is 0.617 e. The van der Waals surface area contributed by atoms with Crippen molar-refractivity contribution in [3.05, 3.63) is 0 Å². The third-order valence-electron chi connectivity index (χ3n) is 5.96. The average Bonchev–Trinajstić information content (AvgIpc) is 2.77. The van der Waals surface area contributed by atoms with Crippen molar-refractivity contribution in [3.63, 3.8) is 0 Å². The lowest BCUT2D eigenvalue weighted by Gasteiger charge is -2.53. The maximum absolute atomic E-state index is 14.6. The van der Waals surface area contributed by atoms with Crippen molar-refractivity contribution in [2.75, 3.05) is 46.2 Å². The molecule has 15 heteroatoms. The number of nitrogens with zero attached hydrogens (tertiary/aromatic N) is 3. The summed E-state index contributed by atoms with van der Waals surface area (Å²) in [7, 11) is -11.0. The maximum atomic E-state index is 14.6. The van der Waals surface area contributed by atoms with Crippen LogP contribution >= 0.6 is 0 Å². The molecule has 0 radical (unpaired) electrons. The van der Waals surface area contributed by atoms with Crippen LogP contribution in [0.5, 0.6) is 0 Å². The van der Waals surface area contributed by atoms with Crippen molar-refractivity contribution in [1.82, 2.24) is 9.13 Å². The number of rotatable bonds is 17. The highest BCUT2D eigenvalue weighted by atomic mass is 28.4. The molecule has 36 heavy (non-hydrogen) atoms. The predicted octanol–water partition coefficient (Wildman–Crippen LogP) is 4.12. The minimum absolute atomic E-state index is 0.0616. The maximum Gasteiger partial charge on any atom is 0.617 e. The normalized spacial score (nSPS) is 17.3. The lowest BCUT2D eigenvalue weighted by molar-refractivity contribution is -0.693. The number of carbonyl (C=O) groups excluding carboxylic acids is 3. The van der Waals surface area contributed by atoms with Crippen LogP contribution in [0.2, 0.25) is 19.6 Å². The van der Waals surface area contributed by atoms with E-state index in [-0.39, 0.29) is 46.2 Å². The highest BCUT2D eigenvalue weighted by molar-refractivity contribution is 6.75. The van der Waals surface area contributed by atoms with E-state index in [0.717, 1.165) is 9.13 Å². The zero-order chi connectivity index (χ0) is 27.8. The Morgan fingerprint density at radius 2 is 0.889 bits per heavy atom. The van der Waals surface area contributed by atoms with Crippen LogP contribution in [0, 0.1) is 0 Å². The molecule has 0 saturated carbocycles. The lowest BCUT2D eigenvalue weighted by atomic mass is 10.4. The van der Waals surface area contributed by atoms with E-state index in [2.05, 4.69) is 0 Å². The summed E-state index contributed by atoms with van der Waals surface area (Å²) in [6.07, 6.45) is 0.444. The van der Waals surface area contributed by atoms with E-state index in [1.54, 1.807) is 61.2 Å². The minimum atomic E-state index is -3.68. The molecule has 1 heterocycles. The molecule has 0 aromatic heterocycles. The summed E-state index contributed by atoms with van der Waals surface area (Å²) < 4.78 is 37.5. The molecule has 1 aliphatic heterocycles. The van der Waals surface area contributed by atoms with Gasteiger partial charge in [0.1, 0.15) is 0 Å². The van der Waals surface area contributed by atoms with Crippen molar-refractivity contribution in [2.24, 2.45) is 0 Å². The Bertz CT molecular complexity index is 712. The quantitative estimate of drug-likeness (QED) is 0.239. The van der Waals surface area contributed by atoms with Gasteiger partial charge in [-0.15, -0.1) is 0 Å². The Balaban J connectivity index is 4.14. The second kappa shape index (κ2) is 13.7. The van der Waals surface area contributed by atoms with Crippen LogP contribution in [0.3, 0.4) is 0 Å². The molecule has 0 atom stereocenters. The van der Waals surface area contributed by atoms with Gasteiger partial charge in [0.05, 0.1) is 6.54 Å². The third kappa shape index (κ3) is 5.84. The van der Waals surface area contributed by atoms with Gasteiger partial charge in [0.2, 0.25) is 0 Å². The van der Waals surface area contributed by atoms with Crippen molar-refractivity contribution in [1.29, 1.82) is 0 Å². The van der Waals surface area contributed by atoms with Crippen LogP contribution in [-0.4, -0.2) is 104 Å². The molecule has 0 aliphatic carbocycles. The molecular formula is C21H46N3O9Si3+. The predicted molar refractivity (Wildman–Crippen MR) is 140 cm³/mol. The van der Waals surface area contributed by atoms with E-state index in [1.165, 1.54) is 0 Å². The van der Waals surface area contributed by atoms with Crippen molar-refractivity contribution < 1.29 is 45.1 Å². The molecule has 12 nitrogen and oxygen atoms in total. The van der Waals surface area contributed by atoms with Gasteiger partial charge in [-0.3, -0.25) is 0 Å². The van der Waals surface area contributed by atoms with E-state index >= 15 is 0 Å². The van der Waals surface area contributed by atoms with E-state index in [0.29, 0.717) is 6.42 Å². The number of amides is 6. The second-order valence-corrected chi connectivity index (χ2v) is 17.1. The first-order valence-electron chi connectivity index (χ1n) is 12.8. The SMILES string of the molecule is CCC[N+]1([Si](C)(OCC)OCC)C(=O)N([Si](C)(OCC)OCC)C(=O)N([Si](C)(OCC)OCC)C1=O. The van der Waals surface area contributed by atoms with E-state index in [4.69, 9.17) is 26.6 Å². The monoisotopic (exact) mass is 568 g/mol. The third-order valence-corrected chi connectivity index (χ3v) is 15.3. The summed E-state index contributed by atoms with van der Waals surface area (Å²) in [4.78, 5) is 43.3. The number of hydrogen-bond donors (Lipinski definition) is 0. The highest BCUT2D eigenvalue weighted by Crippen LogP contribution is 2.38. The van der Waals surface area contributed by atoms with Crippen LogP contribution < -0.4 is 0 Å². The van der Waals surface area contributed by atoms with Crippen LogP contribution in [0.25, 0.3) is 0 Å². The van der Waals surface area contributed by atoms with Gasteiger partial charge < -0.3 is 26.6 Å². The zero-order valence-corrected chi connectivity index (χ0v) is 26.7. The number of hydrogen-bond acceptors (Lipinski definition) is 9. The van der Waals surface area contributed by atoms with Crippen molar-refractivity contribution in [3.8, 4) is 0 Å².